The lowest BCUT2D eigenvalue weighted by atomic mass is 9.97. The molecule has 1 saturated heterocycles. The van der Waals surface area contributed by atoms with E-state index in [1.165, 1.54) is 6.92 Å². The van der Waals surface area contributed by atoms with Gasteiger partial charge in [-0.1, -0.05) is 0 Å². The van der Waals surface area contributed by atoms with Crippen LogP contribution in [0, 0.1) is 0 Å². The molecule has 20 heavy (non-hydrogen) atoms. The first-order chi connectivity index (χ1) is 9.47. The molecule has 7 heteroatoms. The molecule has 0 bridgehead atoms. The van der Waals surface area contributed by atoms with E-state index in [0.29, 0.717) is 13.2 Å². The molecule has 5 atom stereocenters. The van der Waals surface area contributed by atoms with Gasteiger partial charge in [0.2, 0.25) is 5.91 Å². The van der Waals surface area contributed by atoms with Crippen LogP contribution in [0.5, 0.6) is 0 Å². The minimum absolute atomic E-state index is 0.309. The molecule has 0 saturated carbocycles. The van der Waals surface area contributed by atoms with Crippen molar-refractivity contribution in [2.45, 2.75) is 63.8 Å². The number of nitrogens with two attached hydrogens (primary N) is 1. The number of unbranched alkanes of at least 4 members (excludes halogenated alkanes) is 2. The summed E-state index contributed by atoms with van der Waals surface area (Å²) in [5.41, 5.74) is 5.41. The maximum Gasteiger partial charge on any atom is 0.217 e. The normalized spacial score (nSPS) is 34.0. The monoisotopic (exact) mass is 290 g/mol. The van der Waals surface area contributed by atoms with Crippen LogP contribution in [0.4, 0.5) is 0 Å². The van der Waals surface area contributed by atoms with E-state index in [1.807, 2.05) is 0 Å². The van der Waals surface area contributed by atoms with Crippen LogP contribution >= 0.6 is 0 Å². The molecule has 0 aromatic carbocycles. The molecule has 1 aliphatic heterocycles. The zero-order valence-corrected chi connectivity index (χ0v) is 12.1. The Morgan fingerprint density at radius 1 is 1.30 bits per heavy atom. The summed E-state index contributed by atoms with van der Waals surface area (Å²) in [5, 5.41) is 22.4. The third-order valence-electron chi connectivity index (χ3n) is 3.34. The topological polar surface area (TPSA) is 114 Å². The van der Waals surface area contributed by atoms with Crippen LogP contribution in [0.2, 0.25) is 0 Å². The van der Waals surface area contributed by atoms with Gasteiger partial charge in [0, 0.05) is 13.5 Å². The summed E-state index contributed by atoms with van der Waals surface area (Å²) in [4.78, 5) is 11.2. The zero-order valence-electron chi connectivity index (χ0n) is 12.1. The highest BCUT2D eigenvalue weighted by molar-refractivity contribution is 5.73. The van der Waals surface area contributed by atoms with Crippen molar-refractivity contribution in [3.8, 4) is 0 Å². The maximum atomic E-state index is 11.2. The van der Waals surface area contributed by atoms with E-state index in [0.717, 1.165) is 19.3 Å². The van der Waals surface area contributed by atoms with Gasteiger partial charge in [0.1, 0.15) is 18.2 Å². The van der Waals surface area contributed by atoms with Gasteiger partial charge >= 0.3 is 0 Å². The molecular formula is C13H26N2O5. The summed E-state index contributed by atoms with van der Waals surface area (Å²) in [7, 11) is 0. The molecule has 1 rings (SSSR count). The van der Waals surface area contributed by atoms with Crippen LogP contribution in [-0.4, -0.2) is 59.9 Å². The molecule has 0 aliphatic carbocycles. The van der Waals surface area contributed by atoms with Crippen molar-refractivity contribution in [3.05, 3.63) is 0 Å². The second-order valence-electron chi connectivity index (χ2n) is 5.14. The fraction of sp³-hybridized carbons (Fsp3) is 0.923. The van der Waals surface area contributed by atoms with Gasteiger partial charge < -0.3 is 30.7 Å². The molecule has 5 N–H and O–H groups in total. The molecule has 0 radical (unpaired) electrons. The number of hydrogen-bond donors (Lipinski definition) is 4. The highest BCUT2D eigenvalue weighted by Crippen LogP contribution is 2.22. The van der Waals surface area contributed by atoms with Gasteiger partial charge in [0.25, 0.3) is 0 Å². The van der Waals surface area contributed by atoms with Gasteiger partial charge in [0.15, 0.2) is 6.29 Å². The molecule has 118 valence electrons. The quantitative estimate of drug-likeness (QED) is 0.452. The number of rotatable bonds is 7. The SMILES string of the molecule is CC(=O)NC1C(O)[C@H](O)C(C)O[C@H]1OCCCCCN. The minimum atomic E-state index is -1.11. The molecular weight excluding hydrogens is 264 g/mol. The lowest BCUT2D eigenvalue weighted by molar-refractivity contribution is -0.260. The summed E-state index contributed by atoms with van der Waals surface area (Å²) in [6, 6.07) is -0.770. The first-order valence-corrected chi connectivity index (χ1v) is 7.07. The number of carbonyl (C=O) groups is 1. The average Bonchev–Trinajstić information content (AvgIpc) is 2.40. The predicted molar refractivity (Wildman–Crippen MR) is 72.8 cm³/mol. The standard InChI is InChI=1S/C13H26N2O5/c1-8-11(17)12(18)10(15-9(2)16)13(20-8)19-7-5-3-4-6-14/h8,10-13,17-18H,3-7,14H2,1-2H3,(H,15,16)/t8?,10?,11-,12?,13-/m1/s1. The third-order valence-corrected chi connectivity index (χ3v) is 3.34. The van der Waals surface area contributed by atoms with Gasteiger partial charge in [-0.3, -0.25) is 4.79 Å². The fourth-order valence-electron chi connectivity index (χ4n) is 2.18. The van der Waals surface area contributed by atoms with E-state index < -0.39 is 30.6 Å². The summed E-state index contributed by atoms with van der Waals surface area (Å²) in [6.45, 7) is 4.10. The summed E-state index contributed by atoms with van der Waals surface area (Å²) >= 11 is 0. The number of aliphatic hydroxyl groups excluding tert-OH is 2. The van der Waals surface area contributed by atoms with Crippen molar-refractivity contribution in [2.24, 2.45) is 5.73 Å². The zero-order chi connectivity index (χ0) is 15.1. The molecule has 0 aromatic rings. The third kappa shape index (κ3) is 4.99. The van der Waals surface area contributed by atoms with E-state index in [-0.39, 0.29) is 5.91 Å². The summed E-state index contributed by atoms with van der Waals surface area (Å²) < 4.78 is 11.1. The number of aliphatic hydroxyl groups is 2. The average molecular weight is 290 g/mol. The number of hydrogen-bond acceptors (Lipinski definition) is 6. The molecule has 3 unspecified atom stereocenters. The Morgan fingerprint density at radius 3 is 2.60 bits per heavy atom. The molecule has 1 amide bonds. The first-order valence-electron chi connectivity index (χ1n) is 7.07. The Bertz CT molecular complexity index is 302. The second kappa shape index (κ2) is 8.53. The van der Waals surface area contributed by atoms with Gasteiger partial charge in [-0.15, -0.1) is 0 Å². The second-order valence-corrected chi connectivity index (χ2v) is 5.14. The molecule has 0 spiro atoms. The van der Waals surface area contributed by atoms with Crippen LogP contribution in [0.15, 0.2) is 0 Å². The minimum Gasteiger partial charge on any atom is -0.388 e. The van der Waals surface area contributed by atoms with Crippen LogP contribution in [0.25, 0.3) is 0 Å². The van der Waals surface area contributed by atoms with Crippen LogP contribution < -0.4 is 11.1 Å². The van der Waals surface area contributed by atoms with Gasteiger partial charge in [-0.25, -0.2) is 0 Å². The van der Waals surface area contributed by atoms with Crippen LogP contribution in [0.3, 0.4) is 0 Å². The van der Waals surface area contributed by atoms with Gasteiger partial charge in [-0.05, 0) is 32.7 Å². The van der Waals surface area contributed by atoms with E-state index in [2.05, 4.69) is 5.32 Å². The van der Waals surface area contributed by atoms with Crippen molar-refractivity contribution < 1.29 is 24.5 Å². The Hall–Kier alpha value is -0.730. The molecule has 1 aliphatic rings. The molecule has 7 nitrogen and oxygen atoms in total. The number of nitrogens with one attached hydrogen (secondary N) is 1. The molecule has 1 fully saturated rings. The number of amides is 1. The summed E-state index contributed by atoms with van der Waals surface area (Å²) in [5.74, 6) is -0.309. The Kier molecular flexibility index (Phi) is 7.39. The van der Waals surface area contributed by atoms with Crippen LogP contribution in [0.1, 0.15) is 33.1 Å². The molecule has 0 aromatic heterocycles. The largest absolute Gasteiger partial charge is 0.388 e. The van der Waals surface area contributed by atoms with Crippen LogP contribution in [-0.2, 0) is 14.3 Å². The van der Waals surface area contributed by atoms with Gasteiger partial charge in [-0.2, -0.15) is 0 Å². The Morgan fingerprint density at radius 2 is 2.00 bits per heavy atom. The van der Waals surface area contributed by atoms with Crippen molar-refractivity contribution >= 4 is 5.91 Å². The van der Waals surface area contributed by atoms with Crippen molar-refractivity contribution in [2.75, 3.05) is 13.2 Å². The predicted octanol–water partition coefficient (Wildman–Crippen LogP) is -0.897. The van der Waals surface area contributed by atoms with Gasteiger partial charge in [0.05, 0.1) is 6.10 Å². The van der Waals surface area contributed by atoms with E-state index >= 15 is 0 Å². The number of ether oxygens (including phenoxy) is 2. The Balaban J connectivity index is 2.52. The van der Waals surface area contributed by atoms with E-state index in [4.69, 9.17) is 15.2 Å². The maximum absolute atomic E-state index is 11.2. The summed E-state index contributed by atoms with van der Waals surface area (Å²) in [6.07, 6.45) is -0.761. The Labute approximate surface area is 119 Å². The van der Waals surface area contributed by atoms with Crippen molar-refractivity contribution in [3.63, 3.8) is 0 Å². The first kappa shape index (κ1) is 17.3. The molecule has 1 heterocycles. The highest BCUT2D eigenvalue weighted by Gasteiger charge is 2.43. The number of carbonyl (C=O) groups excluding carboxylic acids is 1. The smallest absolute Gasteiger partial charge is 0.217 e. The van der Waals surface area contributed by atoms with E-state index in [1.54, 1.807) is 6.92 Å². The highest BCUT2D eigenvalue weighted by atomic mass is 16.7. The lowest BCUT2D eigenvalue weighted by Crippen LogP contribution is -2.63. The lowest BCUT2D eigenvalue weighted by Gasteiger charge is -2.41. The fourth-order valence-corrected chi connectivity index (χ4v) is 2.18. The van der Waals surface area contributed by atoms with Crippen molar-refractivity contribution in [1.82, 2.24) is 5.32 Å². The van der Waals surface area contributed by atoms with E-state index in [9.17, 15) is 15.0 Å². The van der Waals surface area contributed by atoms with Crippen molar-refractivity contribution in [1.29, 1.82) is 0 Å².